The van der Waals surface area contributed by atoms with E-state index in [0.29, 0.717) is 16.3 Å². The third-order valence-electron chi connectivity index (χ3n) is 1.57. The Morgan fingerprint density at radius 2 is 2.15 bits per heavy atom. The van der Waals surface area contributed by atoms with E-state index in [1.54, 1.807) is 24.3 Å². The van der Waals surface area contributed by atoms with Gasteiger partial charge in [-0.2, -0.15) is 0 Å². The highest BCUT2D eigenvalue weighted by Gasteiger charge is 2.13. The van der Waals surface area contributed by atoms with E-state index in [2.05, 4.69) is 12.5 Å². The van der Waals surface area contributed by atoms with Crippen molar-refractivity contribution in [3.63, 3.8) is 0 Å². The van der Waals surface area contributed by atoms with Crippen LogP contribution >= 0.6 is 11.6 Å². The second kappa shape index (κ2) is 4.68. The molecule has 1 nitrogen and oxygen atoms in total. The maximum atomic E-state index is 11.6. The predicted octanol–water partition coefficient (Wildman–Crippen LogP) is 2.40. The second-order valence-corrected chi connectivity index (χ2v) is 5.76. The van der Waals surface area contributed by atoms with Gasteiger partial charge in [0.1, 0.15) is 0 Å². The third-order valence-corrected chi connectivity index (χ3v) is 2.64. The van der Waals surface area contributed by atoms with E-state index in [1.807, 2.05) is 0 Å². The van der Waals surface area contributed by atoms with Gasteiger partial charge < -0.3 is 0 Å². The lowest BCUT2D eigenvalue weighted by Gasteiger charge is -1.98. The summed E-state index contributed by atoms with van der Waals surface area (Å²) in [5, 5.41) is 0.623. The number of hydrogen-bond donors (Lipinski definition) is 0. The lowest BCUT2D eigenvalue weighted by molar-refractivity contribution is 0.102. The quantitative estimate of drug-likeness (QED) is 0.559. The maximum absolute atomic E-state index is 11.6. The van der Waals surface area contributed by atoms with Gasteiger partial charge in [-0.25, -0.2) is 0 Å². The van der Waals surface area contributed by atoms with Gasteiger partial charge in [0, 0.05) is 10.6 Å². The molecule has 0 bridgehead atoms. The summed E-state index contributed by atoms with van der Waals surface area (Å²) in [6.45, 7) is 0. The van der Waals surface area contributed by atoms with Gasteiger partial charge in [-0.05, 0) is 23.0 Å². The largest absolute Gasteiger partial charge is 0.289 e. The van der Waals surface area contributed by atoms with Crippen LogP contribution in [-0.4, -0.2) is 24.0 Å². The molecule has 0 aliphatic rings. The van der Waals surface area contributed by atoms with Crippen molar-refractivity contribution < 1.29 is 4.79 Å². The molecule has 1 aromatic rings. The zero-order chi connectivity index (χ0) is 9.84. The summed E-state index contributed by atoms with van der Waals surface area (Å²) in [7, 11) is 0.155. The highest BCUT2D eigenvalue weighted by atomic mass is 35.5. The summed E-state index contributed by atoms with van der Waals surface area (Å²) < 4.78 is 0. The molecule has 0 unspecified atom stereocenters. The Kier molecular flexibility index (Phi) is 3.82. The van der Waals surface area contributed by atoms with Crippen LogP contribution in [0.2, 0.25) is 5.02 Å². The molecule has 1 rings (SSSR count). The van der Waals surface area contributed by atoms with Crippen LogP contribution in [-0.2, 0) is 10.9 Å². The summed E-state index contributed by atoms with van der Waals surface area (Å²) in [5.74, 6) is 0.788. The van der Waals surface area contributed by atoms with Crippen molar-refractivity contribution in [3.05, 3.63) is 34.9 Å². The van der Waals surface area contributed by atoms with Gasteiger partial charge in [-0.1, -0.05) is 23.7 Å². The minimum absolute atomic E-state index is 0.155. The molecule has 0 radical (unpaired) electrons. The van der Waals surface area contributed by atoms with Gasteiger partial charge in [0.25, 0.3) is 0 Å². The van der Waals surface area contributed by atoms with E-state index in [0.717, 1.165) is 0 Å². The van der Waals surface area contributed by atoms with Crippen molar-refractivity contribution in [2.24, 2.45) is 0 Å². The maximum Gasteiger partial charge on any atom is 0.211 e. The van der Waals surface area contributed by atoms with Gasteiger partial charge in [0.15, 0.2) is 5.75 Å². The van der Waals surface area contributed by atoms with Crippen molar-refractivity contribution in [2.45, 2.75) is 0 Å². The van der Waals surface area contributed by atoms with Gasteiger partial charge in [-0.15, -0.1) is 0 Å². The molecule has 13 heavy (non-hydrogen) atoms. The first-order valence-electron chi connectivity index (χ1n) is 3.92. The monoisotopic (exact) mass is 215 g/mol. The number of halogens is 1. The van der Waals surface area contributed by atoms with Crippen LogP contribution in [0, 0.1) is 0 Å². The molecule has 0 fully saturated rings. The van der Waals surface area contributed by atoms with Crippen LogP contribution in [0.1, 0.15) is 10.4 Å². The summed E-state index contributed by atoms with van der Waals surface area (Å²) >= 11 is 5.78. The number of hydrogen-bond acceptors (Lipinski definition) is 1. The number of benzene rings is 1. The molecular weight excluding hydrogens is 204 g/mol. The number of carbonyl (C=O) groups excluding carboxylic acids is 1. The van der Waals surface area contributed by atoms with Crippen LogP contribution in [0.5, 0.6) is 0 Å². The van der Waals surface area contributed by atoms with E-state index >= 15 is 0 Å². The number of rotatable bonds is 3. The number of carbonyl (C=O) groups is 1. The highest BCUT2D eigenvalue weighted by molar-refractivity contribution is 7.96. The second-order valence-electron chi connectivity index (χ2n) is 3.06. The van der Waals surface area contributed by atoms with Crippen LogP contribution in [0.3, 0.4) is 0 Å². The van der Waals surface area contributed by atoms with Crippen LogP contribution in [0.15, 0.2) is 24.3 Å². The summed E-state index contributed by atoms with van der Waals surface area (Å²) in [6.07, 6.45) is 4.12. The van der Waals surface area contributed by atoms with Crippen molar-refractivity contribution in [1.82, 2.24) is 0 Å². The summed E-state index contributed by atoms with van der Waals surface area (Å²) in [6, 6.07) is 7.10. The smallest absolute Gasteiger partial charge is 0.211 e. The minimum atomic E-state index is 0.155. The Morgan fingerprint density at radius 3 is 2.69 bits per heavy atom. The van der Waals surface area contributed by atoms with Crippen molar-refractivity contribution in [2.75, 3.05) is 18.3 Å². The first kappa shape index (κ1) is 10.6. The fraction of sp³-hybridized carbons (Fsp3) is 0.300. The highest BCUT2D eigenvalue weighted by Crippen LogP contribution is 2.11. The van der Waals surface area contributed by atoms with E-state index in [-0.39, 0.29) is 16.7 Å². The van der Waals surface area contributed by atoms with E-state index in [9.17, 15) is 4.79 Å². The molecule has 0 N–H and O–H groups in total. The molecular formula is C10H12ClOS+. The van der Waals surface area contributed by atoms with E-state index < -0.39 is 0 Å². The Bertz CT molecular complexity index is 310. The standard InChI is InChI=1S/C10H12ClOS/c1-13(2)7-10(12)8-4-3-5-9(11)6-8/h3-6H,7H2,1-2H3/q+1. The van der Waals surface area contributed by atoms with Crippen LogP contribution < -0.4 is 0 Å². The molecule has 0 heterocycles. The van der Waals surface area contributed by atoms with Gasteiger partial charge in [-0.3, -0.25) is 4.79 Å². The summed E-state index contributed by atoms with van der Waals surface area (Å²) in [4.78, 5) is 11.6. The van der Waals surface area contributed by atoms with Crippen molar-refractivity contribution in [3.8, 4) is 0 Å². The Morgan fingerprint density at radius 1 is 1.46 bits per heavy atom. The fourth-order valence-corrected chi connectivity index (χ4v) is 1.89. The Hall–Kier alpha value is -0.470. The minimum Gasteiger partial charge on any atom is -0.289 e. The van der Waals surface area contributed by atoms with Crippen molar-refractivity contribution in [1.29, 1.82) is 0 Å². The lowest BCUT2D eigenvalue weighted by Crippen LogP contribution is -2.13. The van der Waals surface area contributed by atoms with Gasteiger partial charge in [0.2, 0.25) is 5.78 Å². The van der Waals surface area contributed by atoms with Crippen molar-refractivity contribution >= 4 is 28.3 Å². The fourth-order valence-electron chi connectivity index (χ4n) is 1.01. The average Bonchev–Trinajstić information content (AvgIpc) is 2.03. The van der Waals surface area contributed by atoms with E-state index in [4.69, 9.17) is 11.6 Å². The molecule has 70 valence electrons. The molecule has 3 heteroatoms. The molecule has 0 aliphatic heterocycles. The molecule has 0 saturated carbocycles. The molecule has 0 aliphatic carbocycles. The zero-order valence-electron chi connectivity index (χ0n) is 7.71. The normalized spacial score (nSPS) is 10.5. The average molecular weight is 216 g/mol. The zero-order valence-corrected chi connectivity index (χ0v) is 9.28. The van der Waals surface area contributed by atoms with Gasteiger partial charge in [0.05, 0.1) is 12.5 Å². The van der Waals surface area contributed by atoms with Crippen LogP contribution in [0.25, 0.3) is 0 Å². The predicted molar refractivity (Wildman–Crippen MR) is 59.9 cm³/mol. The van der Waals surface area contributed by atoms with E-state index in [1.165, 1.54) is 0 Å². The first-order valence-corrected chi connectivity index (χ1v) is 6.51. The third kappa shape index (κ3) is 3.41. The van der Waals surface area contributed by atoms with Crippen LogP contribution in [0.4, 0.5) is 0 Å². The first-order chi connectivity index (χ1) is 6.09. The Balaban J connectivity index is 2.77. The molecule has 0 amide bonds. The van der Waals surface area contributed by atoms with Gasteiger partial charge >= 0.3 is 0 Å². The molecule has 0 saturated heterocycles. The molecule has 1 aromatic carbocycles. The molecule has 0 atom stereocenters. The molecule has 0 spiro atoms. The number of Topliss-reactive ketones (excluding diaryl/α,β-unsaturated/α-hetero) is 1. The number of ketones is 1. The SMILES string of the molecule is C[S+](C)CC(=O)c1cccc(Cl)c1. The molecule has 0 aromatic heterocycles. The topological polar surface area (TPSA) is 17.1 Å². The Labute approximate surface area is 86.4 Å². The lowest BCUT2D eigenvalue weighted by atomic mass is 10.1. The summed E-state index contributed by atoms with van der Waals surface area (Å²) in [5.41, 5.74) is 0.716.